The van der Waals surface area contributed by atoms with Gasteiger partial charge in [-0.1, -0.05) is 31.9 Å². The van der Waals surface area contributed by atoms with Crippen molar-refractivity contribution in [2.75, 3.05) is 0 Å². The molecule has 1 aromatic carbocycles. The SMILES string of the molecule is Cc1cc(CBr)cnc1Oc1ccc(Br)cc1F. The Morgan fingerprint density at radius 2 is 2.11 bits per heavy atom. The second-order valence-electron chi connectivity index (χ2n) is 3.78. The van der Waals surface area contributed by atoms with Crippen molar-refractivity contribution in [2.24, 2.45) is 0 Å². The monoisotopic (exact) mass is 373 g/mol. The van der Waals surface area contributed by atoms with Crippen LogP contribution >= 0.6 is 31.9 Å². The average Bonchev–Trinajstić information content (AvgIpc) is 2.34. The molecule has 1 heterocycles. The maximum Gasteiger partial charge on any atom is 0.222 e. The Morgan fingerprint density at radius 3 is 2.72 bits per heavy atom. The molecule has 0 aliphatic rings. The number of halogens is 3. The molecule has 0 spiro atoms. The standard InChI is InChI=1S/C13H10Br2FNO/c1-8-4-9(6-14)7-17-13(8)18-12-3-2-10(15)5-11(12)16/h2-5,7H,6H2,1H3. The zero-order chi connectivity index (χ0) is 13.1. The maximum atomic E-state index is 13.6. The number of ether oxygens (including phenoxy) is 1. The van der Waals surface area contributed by atoms with E-state index in [1.54, 1.807) is 18.3 Å². The molecule has 0 atom stereocenters. The van der Waals surface area contributed by atoms with Gasteiger partial charge in [-0.15, -0.1) is 0 Å². The molecule has 0 bridgehead atoms. The molecular formula is C13H10Br2FNO. The molecule has 0 aliphatic carbocycles. The summed E-state index contributed by atoms with van der Waals surface area (Å²) in [6.07, 6.45) is 1.70. The predicted molar refractivity (Wildman–Crippen MR) is 75.8 cm³/mol. The summed E-state index contributed by atoms with van der Waals surface area (Å²) >= 11 is 6.56. The van der Waals surface area contributed by atoms with Crippen LogP contribution in [0, 0.1) is 12.7 Å². The highest BCUT2D eigenvalue weighted by Gasteiger charge is 2.08. The second-order valence-corrected chi connectivity index (χ2v) is 5.25. The smallest absolute Gasteiger partial charge is 0.222 e. The van der Waals surface area contributed by atoms with Crippen LogP contribution < -0.4 is 4.74 Å². The van der Waals surface area contributed by atoms with Crippen LogP contribution in [0.15, 0.2) is 34.9 Å². The zero-order valence-electron chi connectivity index (χ0n) is 9.58. The summed E-state index contributed by atoms with van der Waals surface area (Å²) in [7, 11) is 0. The summed E-state index contributed by atoms with van der Waals surface area (Å²) in [5, 5.41) is 0.730. The van der Waals surface area contributed by atoms with Crippen LogP contribution in [-0.4, -0.2) is 4.98 Å². The predicted octanol–water partition coefficient (Wildman–Crippen LogP) is 4.98. The lowest BCUT2D eigenvalue weighted by atomic mass is 10.2. The van der Waals surface area contributed by atoms with Gasteiger partial charge in [-0.25, -0.2) is 9.37 Å². The number of alkyl halides is 1. The van der Waals surface area contributed by atoms with Crippen molar-refractivity contribution in [3.05, 3.63) is 51.9 Å². The third-order valence-corrected chi connectivity index (χ3v) is 3.48. The highest BCUT2D eigenvalue weighted by atomic mass is 79.9. The van der Waals surface area contributed by atoms with E-state index in [4.69, 9.17) is 4.74 Å². The third kappa shape index (κ3) is 3.09. The molecule has 0 N–H and O–H groups in total. The van der Waals surface area contributed by atoms with Crippen molar-refractivity contribution in [2.45, 2.75) is 12.3 Å². The summed E-state index contributed by atoms with van der Waals surface area (Å²) in [6.45, 7) is 1.88. The second kappa shape index (κ2) is 5.80. The van der Waals surface area contributed by atoms with E-state index >= 15 is 0 Å². The highest BCUT2D eigenvalue weighted by molar-refractivity contribution is 9.10. The number of aromatic nitrogens is 1. The van der Waals surface area contributed by atoms with Gasteiger partial charge in [0.15, 0.2) is 11.6 Å². The van der Waals surface area contributed by atoms with E-state index in [0.717, 1.165) is 16.5 Å². The van der Waals surface area contributed by atoms with Crippen LogP contribution in [0.3, 0.4) is 0 Å². The molecule has 2 aromatic rings. The maximum absolute atomic E-state index is 13.6. The number of rotatable bonds is 3. The van der Waals surface area contributed by atoms with Crippen molar-refractivity contribution < 1.29 is 9.13 Å². The van der Waals surface area contributed by atoms with Crippen molar-refractivity contribution in [3.63, 3.8) is 0 Å². The molecule has 2 nitrogen and oxygen atoms in total. The van der Waals surface area contributed by atoms with Crippen molar-refractivity contribution in [1.82, 2.24) is 4.98 Å². The molecule has 0 amide bonds. The van der Waals surface area contributed by atoms with E-state index in [-0.39, 0.29) is 5.75 Å². The van der Waals surface area contributed by atoms with Crippen molar-refractivity contribution in [3.8, 4) is 11.6 Å². The highest BCUT2D eigenvalue weighted by Crippen LogP contribution is 2.27. The summed E-state index contributed by atoms with van der Waals surface area (Å²) in [5.74, 6) is 0.163. The first-order valence-electron chi connectivity index (χ1n) is 5.24. The Labute approximate surface area is 121 Å². The molecular weight excluding hydrogens is 365 g/mol. The van der Waals surface area contributed by atoms with Crippen molar-refractivity contribution in [1.29, 1.82) is 0 Å². The summed E-state index contributed by atoms with van der Waals surface area (Å²) in [6, 6.07) is 6.60. The van der Waals surface area contributed by atoms with Gasteiger partial charge in [-0.2, -0.15) is 0 Å². The van der Waals surface area contributed by atoms with Crippen LogP contribution in [0.2, 0.25) is 0 Å². The van der Waals surface area contributed by atoms with Gasteiger partial charge >= 0.3 is 0 Å². The van der Waals surface area contributed by atoms with Gasteiger partial charge in [0, 0.05) is 21.6 Å². The molecule has 0 fully saturated rings. The number of hydrogen-bond donors (Lipinski definition) is 0. The van der Waals surface area contributed by atoms with Gasteiger partial charge in [0.2, 0.25) is 5.88 Å². The molecule has 5 heteroatoms. The molecule has 0 aliphatic heterocycles. The van der Waals surface area contributed by atoms with Gasteiger partial charge in [-0.05, 0) is 36.8 Å². The number of nitrogens with zero attached hydrogens (tertiary/aromatic N) is 1. The van der Waals surface area contributed by atoms with Crippen LogP contribution in [0.25, 0.3) is 0 Å². The minimum Gasteiger partial charge on any atom is -0.436 e. The fraction of sp³-hybridized carbons (Fsp3) is 0.154. The van der Waals surface area contributed by atoms with E-state index < -0.39 is 5.82 Å². The third-order valence-electron chi connectivity index (χ3n) is 2.34. The minimum atomic E-state index is -0.421. The van der Waals surface area contributed by atoms with E-state index in [0.29, 0.717) is 10.4 Å². The summed E-state index contributed by atoms with van der Waals surface area (Å²) < 4.78 is 19.8. The molecule has 0 saturated carbocycles. The van der Waals surface area contributed by atoms with Gasteiger partial charge in [0.05, 0.1) is 0 Å². The lowest BCUT2D eigenvalue weighted by Crippen LogP contribution is -1.94. The lowest BCUT2D eigenvalue weighted by molar-refractivity contribution is 0.424. The van der Waals surface area contributed by atoms with Crippen LogP contribution in [0.1, 0.15) is 11.1 Å². The van der Waals surface area contributed by atoms with Gasteiger partial charge < -0.3 is 4.74 Å². The number of benzene rings is 1. The fourth-order valence-electron chi connectivity index (χ4n) is 1.46. The van der Waals surface area contributed by atoms with Crippen LogP contribution in [-0.2, 0) is 5.33 Å². The first-order valence-corrected chi connectivity index (χ1v) is 7.16. The largest absolute Gasteiger partial charge is 0.436 e. The first kappa shape index (κ1) is 13.5. The summed E-state index contributed by atoms with van der Waals surface area (Å²) in [4.78, 5) is 4.18. The molecule has 0 unspecified atom stereocenters. The Kier molecular flexibility index (Phi) is 4.35. The average molecular weight is 375 g/mol. The van der Waals surface area contributed by atoms with Crippen LogP contribution in [0.5, 0.6) is 11.6 Å². The molecule has 2 rings (SSSR count). The minimum absolute atomic E-state index is 0.167. The molecule has 1 aromatic heterocycles. The molecule has 0 radical (unpaired) electrons. The lowest BCUT2D eigenvalue weighted by Gasteiger charge is -2.09. The number of hydrogen-bond acceptors (Lipinski definition) is 2. The number of pyridine rings is 1. The van der Waals surface area contributed by atoms with Gasteiger partial charge in [-0.3, -0.25) is 0 Å². The first-order chi connectivity index (χ1) is 8.60. The van der Waals surface area contributed by atoms with E-state index in [1.807, 2.05) is 13.0 Å². The Morgan fingerprint density at radius 1 is 1.33 bits per heavy atom. The number of aryl methyl sites for hydroxylation is 1. The van der Waals surface area contributed by atoms with E-state index in [9.17, 15) is 4.39 Å². The normalized spacial score (nSPS) is 10.4. The molecule has 18 heavy (non-hydrogen) atoms. The fourth-order valence-corrected chi connectivity index (χ4v) is 2.10. The van der Waals surface area contributed by atoms with E-state index in [2.05, 4.69) is 36.8 Å². The Bertz CT molecular complexity index is 575. The summed E-state index contributed by atoms with van der Waals surface area (Å²) in [5.41, 5.74) is 1.92. The molecule has 0 saturated heterocycles. The Hall–Kier alpha value is -0.940. The van der Waals surface area contributed by atoms with E-state index in [1.165, 1.54) is 6.07 Å². The van der Waals surface area contributed by atoms with Gasteiger partial charge in [0.1, 0.15) is 0 Å². The van der Waals surface area contributed by atoms with Crippen molar-refractivity contribution >= 4 is 31.9 Å². The van der Waals surface area contributed by atoms with Gasteiger partial charge in [0.25, 0.3) is 0 Å². The Balaban J connectivity index is 2.28. The quantitative estimate of drug-likeness (QED) is 0.707. The molecule has 94 valence electrons. The topological polar surface area (TPSA) is 22.1 Å². The zero-order valence-corrected chi connectivity index (χ0v) is 12.8. The van der Waals surface area contributed by atoms with Crippen LogP contribution in [0.4, 0.5) is 4.39 Å².